The van der Waals surface area contributed by atoms with Crippen LogP contribution in [0, 0.1) is 5.92 Å². The van der Waals surface area contributed by atoms with Crippen molar-refractivity contribution in [2.45, 2.75) is 18.7 Å². The van der Waals surface area contributed by atoms with Crippen molar-refractivity contribution in [3.05, 3.63) is 30.5 Å². The second kappa shape index (κ2) is 5.14. The summed E-state index contributed by atoms with van der Waals surface area (Å²) in [7, 11) is -3.77. The quantitative estimate of drug-likeness (QED) is 0.927. The zero-order valence-corrected chi connectivity index (χ0v) is 11.6. The highest BCUT2D eigenvalue weighted by atomic mass is 32.2. The van der Waals surface area contributed by atoms with Gasteiger partial charge in [0.05, 0.1) is 11.5 Å². The molecule has 0 saturated carbocycles. The molecule has 0 radical (unpaired) electrons. The number of hydrogen-bond acceptors (Lipinski definition) is 4. The number of pyridine rings is 1. The van der Waals surface area contributed by atoms with Gasteiger partial charge in [-0.1, -0.05) is 13.8 Å². The fourth-order valence-electron chi connectivity index (χ4n) is 1.74. The summed E-state index contributed by atoms with van der Waals surface area (Å²) in [4.78, 5) is 4.25. The molecule has 0 amide bonds. The molecule has 2 aromatic rings. The topological polar surface area (TPSA) is 82.3 Å². The van der Waals surface area contributed by atoms with E-state index in [1.807, 2.05) is 13.8 Å². The van der Waals surface area contributed by atoms with Gasteiger partial charge in [-0.15, -0.1) is 0 Å². The molecular weight excluding hydrogens is 264 g/mol. The minimum atomic E-state index is -3.77. The number of primary sulfonamides is 1. The Morgan fingerprint density at radius 3 is 2.68 bits per heavy atom. The third kappa shape index (κ3) is 3.02. The van der Waals surface area contributed by atoms with Crippen LogP contribution in [-0.2, 0) is 10.0 Å². The van der Waals surface area contributed by atoms with Gasteiger partial charge in [-0.3, -0.25) is 4.98 Å². The molecule has 6 heteroatoms. The first-order valence-corrected chi connectivity index (χ1v) is 7.47. The Labute approximate surface area is 112 Å². The highest BCUT2D eigenvalue weighted by molar-refractivity contribution is 7.89. The molecule has 0 aliphatic carbocycles. The molecule has 1 heterocycles. The number of benzene rings is 1. The van der Waals surface area contributed by atoms with Crippen molar-refractivity contribution in [2.75, 3.05) is 6.61 Å². The van der Waals surface area contributed by atoms with Crippen LogP contribution in [0.1, 0.15) is 13.8 Å². The first kappa shape index (κ1) is 13.8. The summed E-state index contributed by atoms with van der Waals surface area (Å²) in [5.41, 5.74) is 0.509. The van der Waals surface area contributed by atoms with Gasteiger partial charge in [-0.2, -0.15) is 0 Å². The molecule has 0 bridgehead atoms. The summed E-state index contributed by atoms with van der Waals surface area (Å²) in [5.74, 6) is 0.938. The number of sulfonamides is 1. The Kier molecular flexibility index (Phi) is 3.73. The monoisotopic (exact) mass is 280 g/mol. The largest absolute Gasteiger partial charge is 0.491 e. The van der Waals surface area contributed by atoms with Crippen LogP contribution in [0.5, 0.6) is 5.75 Å². The van der Waals surface area contributed by atoms with Crippen molar-refractivity contribution in [2.24, 2.45) is 11.1 Å². The smallest absolute Gasteiger partial charge is 0.238 e. The summed E-state index contributed by atoms with van der Waals surface area (Å²) in [5, 5.41) is 5.68. The number of ether oxygens (including phenoxy) is 1. The molecule has 0 fully saturated rings. The first-order chi connectivity index (χ1) is 8.89. The van der Waals surface area contributed by atoms with Gasteiger partial charge >= 0.3 is 0 Å². The SMILES string of the molecule is CC(C)COc1ccc(S(N)(=O)=O)c2cccnc12. The summed E-state index contributed by atoms with van der Waals surface area (Å²) in [6.45, 7) is 4.61. The van der Waals surface area contributed by atoms with Crippen LogP contribution in [-0.4, -0.2) is 20.0 Å². The van der Waals surface area contributed by atoms with Crippen LogP contribution in [0.2, 0.25) is 0 Å². The number of nitrogens with two attached hydrogens (primary N) is 1. The third-order valence-electron chi connectivity index (χ3n) is 2.57. The first-order valence-electron chi connectivity index (χ1n) is 5.93. The van der Waals surface area contributed by atoms with E-state index >= 15 is 0 Å². The minimum absolute atomic E-state index is 0.0625. The molecule has 0 saturated heterocycles. The van der Waals surface area contributed by atoms with E-state index in [-0.39, 0.29) is 4.90 Å². The van der Waals surface area contributed by atoms with Crippen LogP contribution in [0.4, 0.5) is 0 Å². The second-order valence-electron chi connectivity index (χ2n) is 4.71. The Morgan fingerprint density at radius 2 is 2.05 bits per heavy atom. The average Bonchev–Trinajstić information content (AvgIpc) is 2.34. The summed E-state index contributed by atoms with van der Waals surface area (Å²) < 4.78 is 28.7. The lowest BCUT2D eigenvalue weighted by Gasteiger charge is -2.12. The van der Waals surface area contributed by atoms with E-state index in [1.165, 1.54) is 6.07 Å². The third-order valence-corrected chi connectivity index (χ3v) is 3.54. The van der Waals surface area contributed by atoms with Crippen LogP contribution in [0.15, 0.2) is 35.4 Å². The van der Waals surface area contributed by atoms with E-state index in [2.05, 4.69) is 4.98 Å². The molecule has 1 aromatic carbocycles. The van der Waals surface area contributed by atoms with E-state index in [9.17, 15) is 8.42 Å². The van der Waals surface area contributed by atoms with Gasteiger partial charge in [0, 0.05) is 11.6 Å². The predicted molar refractivity (Wildman–Crippen MR) is 73.4 cm³/mol. The average molecular weight is 280 g/mol. The zero-order valence-electron chi connectivity index (χ0n) is 10.8. The maximum Gasteiger partial charge on any atom is 0.238 e. The Hall–Kier alpha value is -1.66. The van der Waals surface area contributed by atoms with Crippen molar-refractivity contribution in [1.82, 2.24) is 4.98 Å². The zero-order chi connectivity index (χ0) is 14.0. The summed E-state index contributed by atoms with van der Waals surface area (Å²) >= 11 is 0. The van der Waals surface area contributed by atoms with E-state index in [4.69, 9.17) is 9.88 Å². The molecule has 0 atom stereocenters. The van der Waals surface area contributed by atoms with Gasteiger partial charge in [-0.25, -0.2) is 13.6 Å². The van der Waals surface area contributed by atoms with Gasteiger partial charge in [0.25, 0.3) is 0 Å². The molecule has 2 N–H and O–H groups in total. The van der Waals surface area contributed by atoms with E-state index in [1.54, 1.807) is 24.4 Å². The lowest BCUT2D eigenvalue weighted by atomic mass is 10.2. The van der Waals surface area contributed by atoms with Gasteiger partial charge in [0.15, 0.2) is 0 Å². The van der Waals surface area contributed by atoms with Gasteiger partial charge in [-0.05, 0) is 30.2 Å². The summed E-state index contributed by atoms with van der Waals surface area (Å²) in [6, 6.07) is 6.39. The minimum Gasteiger partial charge on any atom is -0.491 e. The Bertz CT molecular complexity index is 696. The molecule has 5 nitrogen and oxygen atoms in total. The van der Waals surface area contributed by atoms with Crippen molar-refractivity contribution < 1.29 is 13.2 Å². The number of fused-ring (bicyclic) bond motifs is 1. The van der Waals surface area contributed by atoms with Gasteiger partial charge < -0.3 is 4.74 Å². The van der Waals surface area contributed by atoms with Crippen LogP contribution in [0.25, 0.3) is 10.9 Å². The highest BCUT2D eigenvalue weighted by Gasteiger charge is 2.15. The molecule has 0 aliphatic heterocycles. The van der Waals surface area contributed by atoms with Crippen molar-refractivity contribution >= 4 is 20.9 Å². The molecule has 1 aromatic heterocycles. The molecule has 19 heavy (non-hydrogen) atoms. The molecular formula is C13H16N2O3S. The van der Waals surface area contributed by atoms with Crippen LogP contribution < -0.4 is 9.88 Å². The standard InChI is InChI=1S/C13H16N2O3S/c1-9(2)8-18-11-5-6-12(19(14,16)17)10-4-3-7-15-13(10)11/h3-7,9H,8H2,1-2H3,(H2,14,16,17). The number of nitrogens with zero attached hydrogens (tertiary/aromatic N) is 1. The normalized spacial score (nSPS) is 12.0. The fourth-order valence-corrected chi connectivity index (χ4v) is 2.47. The molecule has 0 aliphatic rings. The van der Waals surface area contributed by atoms with Gasteiger partial charge in [0.1, 0.15) is 11.3 Å². The van der Waals surface area contributed by atoms with Gasteiger partial charge in [0.2, 0.25) is 10.0 Å². The van der Waals surface area contributed by atoms with Crippen LogP contribution >= 0.6 is 0 Å². The van der Waals surface area contributed by atoms with Crippen LogP contribution in [0.3, 0.4) is 0 Å². The number of rotatable bonds is 4. The summed E-state index contributed by atoms with van der Waals surface area (Å²) in [6.07, 6.45) is 1.59. The van der Waals surface area contributed by atoms with E-state index in [0.717, 1.165) is 0 Å². The fraction of sp³-hybridized carbons (Fsp3) is 0.308. The van der Waals surface area contributed by atoms with E-state index in [0.29, 0.717) is 29.2 Å². The maximum absolute atomic E-state index is 11.5. The molecule has 0 unspecified atom stereocenters. The molecule has 102 valence electrons. The van der Waals surface area contributed by atoms with Crippen molar-refractivity contribution in [3.8, 4) is 5.75 Å². The second-order valence-corrected chi connectivity index (χ2v) is 6.24. The predicted octanol–water partition coefficient (Wildman–Crippen LogP) is 1.92. The Balaban J connectivity index is 2.59. The Morgan fingerprint density at radius 1 is 1.32 bits per heavy atom. The number of hydrogen-bond donors (Lipinski definition) is 1. The lowest BCUT2D eigenvalue weighted by molar-refractivity contribution is 0.273. The van der Waals surface area contributed by atoms with E-state index < -0.39 is 10.0 Å². The van der Waals surface area contributed by atoms with Crippen molar-refractivity contribution in [1.29, 1.82) is 0 Å². The highest BCUT2D eigenvalue weighted by Crippen LogP contribution is 2.29. The molecule has 0 spiro atoms. The number of aromatic nitrogens is 1. The lowest BCUT2D eigenvalue weighted by Crippen LogP contribution is -2.13. The maximum atomic E-state index is 11.5. The van der Waals surface area contributed by atoms with Crippen molar-refractivity contribution in [3.63, 3.8) is 0 Å². The molecule has 2 rings (SSSR count).